The molecular weight excluding hydrogens is 370 g/mol. The Bertz CT molecular complexity index is 822. The highest BCUT2D eigenvalue weighted by molar-refractivity contribution is 5.94. The molecule has 2 aromatic rings. The molecule has 0 fully saturated rings. The largest absolute Gasteiger partial charge is 0.493 e. The molecule has 0 atom stereocenters. The lowest BCUT2D eigenvalue weighted by molar-refractivity contribution is -0.121. The van der Waals surface area contributed by atoms with E-state index in [1.807, 2.05) is 30.3 Å². The minimum absolute atomic E-state index is 0.119. The van der Waals surface area contributed by atoms with Crippen LogP contribution in [0.2, 0.25) is 0 Å². The van der Waals surface area contributed by atoms with Gasteiger partial charge in [0.2, 0.25) is 5.91 Å². The van der Waals surface area contributed by atoms with Crippen LogP contribution in [-0.2, 0) is 4.79 Å². The third-order valence-electron chi connectivity index (χ3n) is 4.21. The van der Waals surface area contributed by atoms with Crippen molar-refractivity contribution in [1.29, 1.82) is 0 Å². The van der Waals surface area contributed by atoms with Crippen LogP contribution in [0.25, 0.3) is 0 Å². The summed E-state index contributed by atoms with van der Waals surface area (Å²) >= 11 is 0. The molecule has 154 valence electrons. The van der Waals surface area contributed by atoms with Gasteiger partial charge in [0.25, 0.3) is 5.91 Å². The van der Waals surface area contributed by atoms with Crippen LogP contribution in [0.1, 0.15) is 41.6 Å². The van der Waals surface area contributed by atoms with Gasteiger partial charge in [0, 0.05) is 18.5 Å². The van der Waals surface area contributed by atoms with E-state index in [4.69, 9.17) is 9.47 Å². The molecule has 0 aromatic heterocycles. The first-order valence-corrected chi connectivity index (χ1v) is 9.51. The molecule has 2 amide bonds. The van der Waals surface area contributed by atoms with E-state index in [9.17, 15) is 9.59 Å². The monoisotopic (exact) mass is 397 g/mol. The Morgan fingerprint density at radius 3 is 2.45 bits per heavy atom. The molecule has 0 aliphatic rings. The van der Waals surface area contributed by atoms with Gasteiger partial charge in [-0.25, -0.2) is 5.43 Å². The highest BCUT2D eigenvalue weighted by atomic mass is 16.5. The zero-order valence-corrected chi connectivity index (χ0v) is 16.8. The Morgan fingerprint density at radius 1 is 0.966 bits per heavy atom. The quantitative estimate of drug-likeness (QED) is 0.346. The van der Waals surface area contributed by atoms with Gasteiger partial charge in [-0.15, -0.1) is 0 Å². The topological polar surface area (TPSA) is 89.0 Å². The fraction of sp³-hybridized carbons (Fsp3) is 0.318. The maximum atomic E-state index is 12.2. The number of nitrogens with zero attached hydrogens (tertiary/aromatic N) is 1. The van der Waals surface area contributed by atoms with Crippen molar-refractivity contribution in [2.75, 3.05) is 20.8 Å². The molecule has 0 bridgehead atoms. The summed E-state index contributed by atoms with van der Waals surface area (Å²) in [5, 5.41) is 6.81. The van der Waals surface area contributed by atoms with E-state index < -0.39 is 0 Å². The molecule has 0 heterocycles. The fourth-order valence-electron chi connectivity index (χ4n) is 2.64. The van der Waals surface area contributed by atoms with Gasteiger partial charge >= 0.3 is 0 Å². The van der Waals surface area contributed by atoms with Gasteiger partial charge in [-0.1, -0.05) is 36.8 Å². The predicted octanol–water partition coefficient (Wildman–Crippen LogP) is 3.14. The number of amides is 2. The van der Waals surface area contributed by atoms with E-state index >= 15 is 0 Å². The Labute approximate surface area is 171 Å². The van der Waals surface area contributed by atoms with Crippen molar-refractivity contribution in [2.24, 2.45) is 5.10 Å². The van der Waals surface area contributed by atoms with Gasteiger partial charge in [-0.05, 0) is 36.6 Å². The number of ether oxygens (including phenoxy) is 2. The summed E-state index contributed by atoms with van der Waals surface area (Å²) in [4.78, 5) is 24.0. The summed E-state index contributed by atoms with van der Waals surface area (Å²) < 4.78 is 10.4. The molecular formula is C22H27N3O4. The Kier molecular flexibility index (Phi) is 9.21. The zero-order chi connectivity index (χ0) is 20.9. The second kappa shape index (κ2) is 12.2. The number of hydrazone groups is 1. The number of benzene rings is 2. The number of hydrogen-bond acceptors (Lipinski definition) is 5. The van der Waals surface area contributed by atoms with Crippen LogP contribution >= 0.6 is 0 Å². The summed E-state index contributed by atoms with van der Waals surface area (Å²) in [6.07, 6.45) is 4.37. The molecule has 2 rings (SSSR count). The molecule has 29 heavy (non-hydrogen) atoms. The number of carbonyl (C=O) groups excluding carboxylic acids is 2. The van der Waals surface area contributed by atoms with Crippen molar-refractivity contribution < 1.29 is 19.1 Å². The SMILES string of the molecule is COc1ccc(C(=O)NCCCCCC(=O)N/N=C/c2ccccc2)cc1OC. The highest BCUT2D eigenvalue weighted by Crippen LogP contribution is 2.27. The Hall–Kier alpha value is -3.35. The fourth-order valence-corrected chi connectivity index (χ4v) is 2.64. The minimum atomic E-state index is -0.168. The van der Waals surface area contributed by atoms with Crippen LogP contribution in [-0.4, -0.2) is 38.8 Å². The first-order chi connectivity index (χ1) is 14.1. The van der Waals surface area contributed by atoms with Crippen molar-refractivity contribution in [3.8, 4) is 11.5 Å². The van der Waals surface area contributed by atoms with Crippen molar-refractivity contribution in [3.63, 3.8) is 0 Å². The lowest BCUT2D eigenvalue weighted by atomic mass is 10.1. The molecule has 7 nitrogen and oxygen atoms in total. The summed E-state index contributed by atoms with van der Waals surface area (Å²) in [5.74, 6) is 0.807. The van der Waals surface area contributed by atoms with Crippen LogP contribution in [0.4, 0.5) is 0 Å². The first kappa shape index (κ1) is 21.9. The lowest BCUT2D eigenvalue weighted by Crippen LogP contribution is -2.24. The molecule has 2 N–H and O–H groups in total. The number of methoxy groups -OCH3 is 2. The molecule has 2 aromatic carbocycles. The van der Waals surface area contributed by atoms with Crippen molar-refractivity contribution in [3.05, 3.63) is 59.7 Å². The first-order valence-electron chi connectivity index (χ1n) is 9.51. The molecule has 0 radical (unpaired) electrons. The van der Waals surface area contributed by atoms with Crippen LogP contribution < -0.4 is 20.2 Å². The highest BCUT2D eigenvalue weighted by Gasteiger charge is 2.10. The Morgan fingerprint density at radius 2 is 1.72 bits per heavy atom. The van der Waals surface area contributed by atoms with Crippen LogP contribution in [0.3, 0.4) is 0 Å². The average molecular weight is 397 g/mol. The number of hydrogen-bond donors (Lipinski definition) is 2. The molecule has 0 saturated carbocycles. The summed E-state index contributed by atoms with van der Waals surface area (Å²) in [6, 6.07) is 14.6. The minimum Gasteiger partial charge on any atom is -0.493 e. The second-order valence-electron chi connectivity index (χ2n) is 6.34. The van der Waals surface area contributed by atoms with Crippen molar-refractivity contribution >= 4 is 18.0 Å². The van der Waals surface area contributed by atoms with E-state index in [1.165, 1.54) is 7.11 Å². The summed E-state index contributed by atoms with van der Waals surface area (Å²) in [5.41, 5.74) is 3.96. The predicted molar refractivity (Wildman–Crippen MR) is 113 cm³/mol. The van der Waals surface area contributed by atoms with Crippen molar-refractivity contribution in [1.82, 2.24) is 10.7 Å². The molecule has 0 unspecified atom stereocenters. The molecule has 0 aliphatic carbocycles. The number of carbonyl (C=O) groups is 2. The van der Waals surface area contributed by atoms with E-state index in [1.54, 1.807) is 31.5 Å². The molecule has 0 spiro atoms. The summed E-state index contributed by atoms with van der Waals surface area (Å²) in [7, 11) is 3.08. The van der Waals surface area contributed by atoms with Gasteiger partial charge in [0.15, 0.2) is 11.5 Å². The van der Waals surface area contributed by atoms with E-state index in [2.05, 4.69) is 15.8 Å². The van der Waals surface area contributed by atoms with Gasteiger partial charge in [0.1, 0.15) is 0 Å². The number of unbranched alkanes of at least 4 members (excludes halogenated alkanes) is 2. The maximum Gasteiger partial charge on any atom is 0.251 e. The van der Waals surface area contributed by atoms with Gasteiger partial charge in [-0.2, -0.15) is 5.10 Å². The van der Waals surface area contributed by atoms with E-state index in [0.29, 0.717) is 30.0 Å². The second-order valence-corrected chi connectivity index (χ2v) is 6.34. The number of nitrogens with one attached hydrogen (secondary N) is 2. The Balaban J connectivity index is 1.60. The molecule has 0 saturated heterocycles. The van der Waals surface area contributed by atoms with Crippen LogP contribution in [0.15, 0.2) is 53.6 Å². The maximum absolute atomic E-state index is 12.2. The summed E-state index contributed by atoms with van der Waals surface area (Å²) in [6.45, 7) is 0.543. The third-order valence-corrected chi connectivity index (χ3v) is 4.21. The molecule has 0 aliphatic heterocycles. The average Bonchev–Trinajstić information content (AvgIpc) is 2.76. The lowest BCUT2D eigenvalue weighted by Gasteiger charge is -2.10. The van der Waals surface area contributed by atoms with Gasteiger partial charge in [0.05, 0.1) is 20.4 Å². The normalized spacial score (nSPS) is 10.6. The molecule has 7 heteroatoms. The van der Waals surface area contributed by atoms with Crippen molar-refractivity contribution in [2.45, 2.75) is 25.7 Å². The van der Waals surface area contributed by atoms with Gasteiger partial charge < -0.3 is 14.8 Å². The van der Waals surface area contributed by atoms with Crippen LogP contribution in [0.5, 0.6) is 11.5 Å². The smallest absolute Gasteiger partial charge is 0.251 e. The van der Waals surface area contributed by atoms with Crippen LogP contribution in [0, 0.1) is 0 Å². The zero-order valence-electron chi connectivity index (χ0n) is 16.8. The third kappa shape index (κ3) is 7.65. The number of rotatable bonds is 11. The standard InChI is InChI=1S/C22H27N3O4/c1-28-19-13-12-18(15-20(19)29-2)22(27)23-14-8-4-7-11-21(26)25-24-16-17-9-5-3-6-10-17/h3,5-6,9-10,12-13,15-16H,4,7-8,11,14H2,1-2H3,(H,23,27)(H,25,26)/b24-16+. The van der Waals surface area contributed by atoms with E-state index in [0.717, 1.165) is 24.8 Å². The van der Waals surface area contributed by atoms with E-state index in [-0.39, 0.29) is 11.8 Å². The van der Waals surface area contributed by atoms with Gasteiger partial charge in [-0.3, -0.25) is 9.59 Å².